The molecule has 1 aromatic rings. The van der Waals surface area contributed by atoms with E-state index in [9.17, 15) is 9.59 Å². The molecule has 1 fully saturated rings. The van der Waals surface area contributed by atoms with Gasteiger partial charge in [-0.2, -0.15) is 0 Å². The van der Waals surface area contributed by atoms with Crippen molar-refractivity contribution in [2.45, 2.75) is 59.0 Å². The molecule has 0 bridgehead atoms. The van der Waals surface area contributed by atoms with Gasteiger partial charge in [-0.25, -0.2) is 0 Å². The van der Waals surface area contributed by atoms with Crippen LogP contribution in [0, 0.1) is 5.92 Å². The second-order valence-corrected chi connectivity index (χ2v) is 10.7. The summed E-state index contributed by atoms with van der Waals surface area (Å²) in [4.78, 5) is 29.6. The molecule has 190 valence electrons. The third-order valence-corrected chi connectivity index (χ3v) is 6.04. The summed E-state index contributed by atoms with van der Waals surface area (Å²) in [6.45, 7) is 15.5. The molecule has 8 heteroatoms. The van der Waals surface area contributed by atoms with Crippen molar-refractivity contribution in [2.75, 3.05) is 52.5 Å². The fraction of sp³-hybridized carbons (Fsp3) is 0.692. The number of hydrogen-bond donors (Lipinski definition) is 2. The Balaban J connectivity index is 1.53. The van der Waals surface area contributed by atoms with Crippen LogP contribution in [0.15, 0.2) is 18.2 Å². The largest absolute Gasteiger partial charge is 0.490 e. The van der Waals surface area contributed by atoms with Crippen molar-refractivity contribution >= 4 is 11.8 Å². The number of fused-ring (bicyclic) bond motifs is 1. The number of ether oxygens (including phenoxy) is 2. The van der Waals surface area contributed by atoms with Gasteiger partial charge in [0.05, 0.1) is 32.3 Å². The predicted octanol–water partition coefficient (Wildman–Crippen LogP) is 2.58. The van der Waals surface area contributed by atoms with Gasteiger partial charge in [-0.3, -0.25) is 19.4 Å². The molecular formula is C26H42N4O4. The van der Waals surface area contributed by atoms with E-state index in [0.29, 0.717) is 26.3 Å². The molecule has 2 aliphatic rings. The minimum Gasteiger partial charge on any atom is -0.490 e. The average Bonchev–Trinajstić information content (AvgIpc) is 3.10. The van der Waals surface area contributed by atoms with Gasteiger partial charge in [0, 0.05) is 25.0 Å². The van der Waals surface area contributed by atoms with Crippen LogP contribution in [0.5, 0.6) is 11.5 Å². The van der Waals surface area contributed by atoms with E-state index in [4.69, 9.17) is 9.47 Å². The molecule has 0 radical (unpaired) electrons. The maximum Gasteiger partial charge on any atom is 0.234 e. The van der Waals surface area contributed by atoms with Gasteiger partial charge >= 0.3 is 0 Å². The molecule has 2 heterocycles. The first-order valence-corrected chi connectivity index (χ1v) is 12.6. The normalized spacial score (nSPS) is 18.6. The zero-order valence-corrected chi connectivity index (χ0v) is 21.5. The highest BCUT2D eigenvalue weighted by Gasteiger charge is 2.24. The minimum atomic E-state index is -0.226. The van der Waals surface area contributed by atoms with Gasteiger partial charge in [0.25, 0.3) is 0 Å². The molecule has 8 nitrogen and oxygen atoms in total. The molecule has 2 N–H and O–H groups in total. The monoisotopic (exact) mass is 474 g/mol. The molecular weight excluding hydrogens is 432 g/mol. The minimum absolute atomic E-state index is 0.0183. The van der Waals surface area contributed by atoms with Crippen molar-refractivity contribution in [1.29, 1.82) is 0 Å². The Labute approximate surface area is 204 Å². The Kier molecular flexibility index (Phi) is 9.19. The summed E-state index contributed by atoms with van der Waals surface area (Å²) in [7, 11) is 0. The van der Waals surface area contributed by atoms with Gasteiger partial charge in [-0.05, 0) is 63.9 Å². The van der Waals surface area contributed by atoms with Crippen LogP contribution >= 0.6 is 0 Å². The van der Waals surface area contributed by atoms with Gasteiger partial charge < -0.3 is 20.1 Å². The number of nitrogens with zero attached hydrogens (tertiary/aromatic N) is 2. The molecule has 2 aliphatic heterocycles. The summed E-state index contributed by atoms with van der Waals surface area (Å²) in [5.41, 5.74) is 0.802. The van der Waals surface area contributed by atoms with Gasteiger partial charge in [0.1, 0.15) is 0 Å². The summed E-state index contributed by atoms with van der Waals surface area (Å²) < 4.78 is 11.6. The van der Waals surface area contributed by atoms with Crippen molar-refractivity contribution in [3.63, 3.8) is 0 Å². The lowest BCUT2D eigenvalue weighted by molar-refractivity contribution is -0.124. The number of carbonyl (C=O) groups excluding carboxylic acids is 2. The summed E-state index contributed by atoms with van der Waals surface area (Å²) in [5.74, 6) is 1.81. The van der Waals surface area contributed by atoms with Crippen molar-refractivity contribution in [3.8, 4) is 11.5 Å². The summed E-state index contributed by atoms with van der Waals surface area (Å²) >= 11 is 0. The fourth-order valence-electron chi connectivity index (χ4n) is 4.43. The maximum atomic E-state index is 13.0. The topological polar surface area (TPSA) is 83.1 Å². The number of benzene rings is 1. The van der Waals surface area contributed by atoms with Crippen LogP contribution in [0.2, 0.25) is 0 Å². The number of nitrogens with one attached hydrogen (secondary N) is 2. The van der Waals surface area contributed by atoms with E-state index in [2.05, 4.69) is 34.3 Å². The van der Waals surface area contributed by atoms with Gasteiger partial charge in [0.2, 0.25) is 11.8 Å². The van der Waals surface area contributed by atoms with Crippen LogP contribution in [0.4, 0.5) is 0 Å². The smallest absolute Gasteiger partial charge is 0.234 e. The molecule has 1 saturated heterocycles. The lowest BCUT2D eigenvalue weighted by atomic mass is 9.95. The molecule has 0 aromatic heterocycles. The van der Waals surface area contributed by atoms with Crippen molar-refractivity contribution in [3.05, 3.63) is 23.8 Å². The summed E-state index contributed by atoms with van der Waals surface area (Å²) in [6, 6.07) is 5.86. The van der Waals surface area contributed by atoms with E-state index in [1.54, 1.807) is 0 Å². The fourth-order valence-corrected chi connectivity index (χ4v) is 4.43. The first-order valence-electron chi connectivity index (χ1n) is 12.6. The van der Waals surface area contributed by atoms with Crippen molar-refractivity contribution < 1.29 is 19.1 Å². The average molecular weight is 475 g/mol. The molecule has 0 unspecified atom stereocenters. The predicted molar refractivity (Wildman–Crippen MR) is 133 cm³/mol. The Morgan fingerprint density at radius 1 is 0.912 bits per heavy atom. The molecule has 1 atom stereocenters. The molecule has 2 amide bonds. The molecule has 0 saturated carbocycles. The summed E-state index contributed by atoms with van der Waals surface area (Å²) in [5, 5.41) is 6.26. The van der Waals surface area contributed by atoms with Crippen LogP contribution in [0.1, 0.15) is 59.1 Å². The Bertz CT molecular complexity index is 837. The Morgan fingerprint density at radius 3 is 2.15 bits per heavy atom. The van der Waals surface area contributed by atoms with Crippen molar-refractivity contribution in [1.82, 2.24) is 20.4 Å². The molecule has 34 heavy (non-hydrogen) atoms. The van der Waals surface area contributed by atoms with E-state index in [-0.39, 0.29) is 29.3 Å². The van der Waals surface area contributed by atoms with Crippen LogP contribution in [-0.2, 0) is 9.59 Å². The van der Waals surface area contributed by atoms with Crippen LogP contribution in [-0.4, -0.2) is 79.6 Å². The Morgan fingerprint density at radius 2 is 1.53 bits per heavy atom. The standard InChI is InChI=1S/C26H42N4O4/c1-19(2)25(20-8-9-21-22(16-20)34-15-7-14-33-21)27-23(31)17-29-10-6-11-30(13-12-29)18-24(32)28-26(3,4)5/h8-9,16,19,25H,6-7,10-15,17-18H2,1-5H3,(H,27,31)(H,28,32)/t25-/m0/s1. The number of carbonyl (C=O) groups is 2. The summed E-state index contributed by atoms with van der Waals surface area (Å²) in [6.07, 6.45) is 1.80. The number of rotatable bonds is 7. The van der Waals surface area contributed by atoms with Gasteiger partial charge in [0.15, 0.2) is 11.5 Å². The van der Waals surface area contributed by atoms with E-state index in [1.807, 2.05) is 39.0 Å². The molecule has 0 spiro atoms. The lowest BCUT2D eigenvalue weighted by Gasteiger charge is -2.26. The van der Waals surface area contributed by atoms with E-state index in [0.717, 1.165) is 56.1 Å². The molecule has 3 rings (SSSR count). The first kappa shape index (κ1) is 26.3. The maximum absolute atomic E-state index is 13.0. The quantitative estimate of drug-likeness (QED) is 0.632. The lowest BCUT2D eigenvalue weighted by Crippen LogP contribution is -2.46. The molecule has 1 aromatic carbocycles. The SMILES string of the molecule is CC(C)[C@H](NC(=O)CN1CCCN(CC(=O)NC(C)(C)C)CC1)c1ccc2c(c1)OCCCO2. The highest BCUT2D eigenvalue weighted by Crippen LogP contribution is 2.34. The molecule has 0 aliphatic carbocycles. The van der Waals surface area contributed by atoms with E-state index < -0.39 is 0 Å². The second kappa shape index (κ2) is 11.9. The van der Waals surface area contributed by atoms with Gasteiger partial charge in [-0.15, -0.1) is 0 Å². The number of hydrogen-bond acceptors (Lipinski definition) is 6. The van der Waals surface area contributed by atoms with Crippen LogP contribution in [0.3, 0.4) is 0 Å². The van der Waals surface area contributed by atoms with Gasteiger partial charge in [-0.1, -0.05) is 19.9 Å². The zero-order valence-electron chi connectivity index (χ0n) is 21.5. The highest BCUT2D eigenvalue weighted by molar-refractivity contribution is 5.79. The zero-order chi connectivity index (χ0) is 24.7. The van der Waals surface area contributed by atoms with Crippen LogP contribution < -0.4 is 20.1 Å². The Hall–Kier alpha value is -2.32. The first-order chi connectivity index (χ1) is 16.1. The van der Waals surface area contributed by atoms with Crippen LogP contribution in [0.25, 0.3) is 0 Å². The number of amides is 2. The van der Waals surface area contributed by atoms with E-state index in [1.165, 1.54) is 0 Å². The van der Waals surface area contributed by atoms with E-state index >= 15 is 0 Å². The third-order valence-electron chi connectivity index (χ3n) is 6.04. The third kappa shape index (κ3) is 8.17. The van der Waals surface area contributed by atoms with Crippen molar-refractivity contribution in [2.24, 2.45) is 5.92 Å². The highest BCUT2D eigenvalue weighted by atomic mass is 16.5. The second-order valence-electron chi connectivity index (χ2n) is 10.7.